The fourth-order valence-corrected chi connectivity index (χ4v) is 4.67. The van der Waals surface area contributed by atoms with Crippen LogP contribution in [0, 0.1) is 13.8 Å². The lowest BCUT2D eigenvalue weighted by Gasteiger charge is -2.29. The number of H-pyrrole nitrogens is 1. The Kier molecular flexibility index (Phi) is 10.3. The number of aromatic amines is 1. The molecular formula is C29H40N4O3S. The number of pyridine rings is 1. The molecule has 8 heteroatoms. The van der Waals surface area contributed by atoms with Gasteiger partial charge in [0.15, 0.2) is 16.6 Å². The minimum absolute atomic E-state index is 0.0674. The second-order valence-electron chi connectivity index (χ2n) is 9.22. The van der Waals surface area contributed by atoms with E-state index >= 15 is 0 Å². The lowest BCUT2D eigenvalue weighted by atomic mass is 10.0. The van der Waals surface area contributed by atoms with Crippen LogP contribution in [0.15, 0.2) is 41.2 Å². The topological polar surface area (TPSA) is 69.8 Å². The first kappa shape index (κ1) is 28.5. The summed E-state index contributed by atoms with van der Waals surface area (Å²) in [6, 6.07) is 12.1. The zero-order chi connectivity index (χ0) is 26.9. The van der Waals surface area contributed by atoms with Gasteiger partial charge >= 0.3 is 0 Å². The van der Waals surface area contributed by atoms with E-state index in [1.807, 2.05) is 31.2 Å². The average molecular weight is 525 g/mol. The molecule has 0 unspecified atom stereocenters. The van der Waals surface area contributed by atoms with Crippen molar-refractivity contribution < 1.29 is 9.47 Å². The molecule has 7 nitrogen and oxygen atoms in total. The minimum Gasteiger partial charge on any atom is -0.493 e. The molecule has 200 valence electrons. The summed E-state index contributed by atoms with van der Waals surface area (Å²) in [4.78, 5) is 20.6. The Balaban J connectivity index is 1.75. The zero-order valence-electron chi connectivity index (χ0n) is 22.9. The number of ether oxygens (including phenoxy) is 2. The Morgan fingerprint density at radius 3 is 2.41 bits per heavy atom. The molecule has 2 N–H and O–H groups in total. The highest BCUT2D eigenvalue weighted by Crippen LogP contribution is 2.27. The molecule has 3 aromatic rings. The van der Waals surface area contributed by atoms with E-state index in [1.165, 1.54) is 0 Å². The van der Waals surface area contributed by atoms with Crippen LogP contribution in [0.4, 0.5) is 0 Å². The first-order valence-electron chi connectivity index (χ1n) is 12.9. The number of likely N-dealkylation sites (N-methyl/N-ethyl adjacent to an activating group) is 1. The molecule has 0 aliphatic rings. The number of hydrogen-bond donors (Lipinski definition) is 2. The van der Waals surface area contributed by atoms with Crippen LogP contribution in [-0.4, -0.2) is 66.8 Å². The first-order chi connectivity index (χ1) is 17.8. The van der Waals surface area contributed by atoms with E-state index < -0.39 is 0 Å². The number of fused-ring (bicyclic) bond motifs is 1. The van der Waals surface area contributed by atoms with Gasteiger partial charge in [0.1, 0.15) is 0 Å². The number of nitrogens with one attached hydrogen (secondary N) is 2. The molecule has 0 radical (unpaired) electrons. The largest absolute Gasteiger partial charge is 0.493 e. The van der Waals surface area contributed by atoms with Gasteiger partial charge < -0.3 is 29.6 Å². The molecule has 3 rings (SSSR count). The van der Waals surface area contributed by atoms with Crippen molar-refractivity contribution >= 4 is 28.2 Å². The molecule has 0 bridgehead atoms. The highest BCUT2D eigenvalue weighted by Gasteiger charge is 2.15. The van der Waals surface area contributed by atoms with E-state index in [4.69, 9.17) is 21.7 Å². The molecular weight excluding hydrogens is 484 g/mol. The maximum atomic E-state index is 13.0. The number of methoxy groups -OCH3 is 2. The Bertz CT molecular complexity index is 1270. The second-order valence-corrected chi connectivity index (χ2v) is 9.60. The summed E-state index contributed by atoms with van der Waals surface area (Å²) in [7, 11) is 3.27. The van der Waals surface area contributed by atoms with E-state index in [0.29, 0.717) is 35.3 Å². The summed E-state index contributed by atoms with van der Waals surface area (Å²) in [6.45, 7) is 13.1. The van der Waals surface area contributed by atoms with Crippen LogP contribution in [0.25, 0.3) is 10.9 Å². The molecule has 0 spiro atoms. The fourth-order valence-electron chi connectivity index (χ4n) is 4.41. The number of rotatable bonds is 12. The first-order valence-corrected chi connectivity index (χ1v) is 13.3. The van der Waals surface area contributed by atoms with E-state index in [-0.39, 0.29) is 5.56 Å². The summed E-state index contributed by atoms with van der Waals surface area (Å²) in [5.74, 6) is 1.42. The average Bonchev–Trinajstić information content (AvgIpc) is 2.91. The summed E-state index contributed by atoms with van der Waals surface area (Å²) < 4.78 is 10.8. The molecule has 2 aromatic carbocycles. The monoisotopic (exact) mass is 524 g/mol. The summed E-state index contributed by atoms with van der Waals surface area (Å²) in [5, 5.41) is 5.09. The van der Waals surface area contributed by atoms with Gasteiger partial charge in [0.2, 0.25) is 0 Å². The van der Waals surface area contributed by atoms with Gasteiger partial charge in [-0.25, -0.2) is 0 Å². The summed E-state index contributed by atoms with van der Waals surface area (Å²) in [6.07, 6.45) is 0.777. The molecule has 1 aromatic heterocycles. The summed E-state index contributed by atoms with van der Waals surface area (Å²) >= 11 is 5.82. The third kappa shape index (κ3) is 7.23. The molecule has 0 saturated heterocycles. The smallest absolute Gasteiger partial charge is 0.253 e. The molecule has 0 amide bonds. The van der Waals surface area contributed by atoms with Crippen LogP contribution in [0.2, 0.25) is 0 Å². The lowest BCUT2D eigenvalue weighted by molar-refractivity contribution is 0.263. The zero-order valence-corrected chi connectivity index (χ0v) is 23.8. The maximum absolute atomic E-state index is 13.0. The predicted octanol–water partition coefficient (Wildman–Crippen LogP) is 4.42. The Morgan fingerprint density at radius 2 is 1.73 bits per heavy atom. The summed E-state index contributed by atoms with van der Waals surface area (Å²) in [5.41, 5.74) is 4.93. The standard InChI is InChI=1S/C29H40N4O3S/c1-7-32(8-2)15-16-33(19-24-18-23-11-9-20(3)21(4)27(23)31-28(24)34)29(37)30-14-13-22-10-12-25(35-5)26(17-22)36-6/h9-12,17-18H,7-8,13-16,19H2,1-6H3,(H,30,37)(H,31,34). The van der Waals surface area contributed by atoms with Gasteiger partial charge in [-0.1, -0.05) is 32.0 Å². The molecule has 0 atom stereocenters. The van der Waals surface area contributed by atoms with Gasteiger partial charge in [0, 0.05) is 25.2 Å². The van der Waals surface area contributed by atoms with Crippen LogP contribution in [0.1, 0.15) is 36.1 Å². The molecule has 37 heavy (non-hydrogen) atoms. The van der Waals surface area contributed by atoms with Gasteiger partial charge in [0.25, 0.3) is 5.56 Å². The fraction of sp³-hybridized carbons (Fsp3) is 0.448. The van der Waals surface area contributed by atoms with E-state index in [2.05, 4.69) is 53.0 Å². The van der Waals surface area contributed by atoms with Crippen LogP contribution < -0.4 is 20.3 Å². The van der Waals surface area contributed by atoms with Gasteiger partial charge in [-0.15, -0.1) is 0 Å². The van der Waals surface area contributed by atoms with Crippen LogP contribution in [-0.2, 0) is 13.0 Å². The van der Waals surface area contributed by atoms with Crippen molar-refractivity contribution in [2.75, 3.05) is 46.9 Å². The van der Waals surface area contributed by atoms with Crippen molar-refractivity contribution in [3.05, 3.63) is 69.0 Å². The Hall–Kier alpha value is -3.10. The molecule has 0 saturated carbocycles. The van der Waals surface area contributed by atoms with Gasteiger partial charge in [-0.05, 0) is 85.9 Å². The number of nitrogens with zero attached hydrogens (tertiary/aromatic N) is 2. The van der Waals surface area contributed by atoms with Crippen molar-refractivity contribution in [3.63, 3.8) is 0 Å². The van der Waals surface area contributed by atoms with Crippen molar-refractivity contribution in [3.8, 4) is 11.5 Å². The number of hydrogen-bond acceptors (Lipinski definition) is 5. The number of aryl methyl sites for hydroxylation is 2. The van der Waals surface area contributed by atoms with E-state index in [9.17, 15) is 4.79 Å². The van der Waals surface area contributed by atoms with Crippen molar-refractivity contribution in [1.82, 2.24) is 20.1 Å². The maximum Gasteiger partial charge on any atom is 0.253 e. The SMILES string of the molecule is CCN(CC)CCN(Cc1cc2ccc(C)c(C)c2[nH]c1=O)C(=S)NCCc1ccc(OC)c(OC)c1. The molecule has 0 aliphatic heterocycles. The minimum atomic E-state index is -0.0674. The van der Waals surface area contributed by atoms with E-state index in [1.54, 1.807) is 14.2 Å². The lowest BCUT2D eigenvalue weighted by Crippen LogP contribution is -2.44. The molecule has 0 aliphatic carbocycles. The highest BCUT2D eigenvalue weighted by atomic mass is 32.1. The highest BCUT2D eigenvalue weighted by molar-refractivity contribution is 7.80. The second kappa shape index (κ2) is 13.4. The molecule has 0 fully saturated rings. The third-order valence-corrected chi connectivity index (χ3v) is 7.40. The van der Waals surface area contributed by atoms with Crippen molar-refractivity contribution in [1.29, 1.82) is 0 Å². The normalized spacial score (nSPS) is 11.1. The third-order valence-electron chi connectivity index (χ3n) is 6.99. The van der Waals surface area contributed by atoms with E-state index in [0.717, 1.165) is 60.2 Å². The van der Waals surface area contributed by atoms with Crippen LogP contribution in [0.5, 0.6) is 11.5 Å². The van der Waals surface area contributed by atoms with Crippen LogP contribution in [0.3, 0.4) is 0 Å². The van der Waals surface area contributed by atoms with Crippen LogP contribution >= 0.6 is 12.2 Å². The van der Waals surface area contributed by atoms with Gasteiger partial charge in [0.05, 0.1) is 26.3 Å². The van der Waals surface area contributed by atoms with Gasteiger partial charge in [-0.3, -0.25) is 4.79 Å². The Labute approximate surface area is 225 Å². The molecule has 1 heterocycles. The number of thiocarbonyl (C=S) groups is 1. The number of benzene rings is 2. The number of aromatic nitrogens is 1. The van der Waals surface area contributed by atoms with Gasteiger partial charge in [-0.2, -0.15) is 0 Å². The predicted molar refractivity (Wildman–Crippen MR) is 156 cm³/mol. The Morgan fingerprint density at radius 1 is 1.00 bits per heavy atom. The van der Waals surface area contributed by atoms with Crippen molar-refractivity contribution in [2.24, 2.45) is 0 Å². The van der Waals surface area contributed by atoms with Crippen molar-refractivity contribution in [2.45, 2.75) is 40.7 Å². The quantitative estimate of drug-likeness (QED) is 0.340.